The number of hydrogen-bond acceptors (Lipinski definition) is 7. The second-order valence-electron chi connectivity index (χ2n) is 17.7. The number of pyridine rings is 1. The van der Waals surface area contributed by atoms with Crippen LogP contribution in [0, 0.1) is 35.3 Å². The molecule has 3 aromatic heterocycles. The number of amides is 1. The highest BCUT2D eigenvalue weighted by atomic mass is 35.5. The SMILES string of the molecule is C=S(=O)(CC1CC1)Nc1nn(C)c2c(-c3ccc(C#CC(C)(C)S(=O)(=O)C4CC4)nc3[C@H](Cc3cc(F)cc(F)c3)NC(=O)Cn3nc(C(F)F)c4c3C(F)(F)[C@@H]3C[C@H]43)ccc(Cl)c12. The fourth-order valence-corrected chi connectivity index (χ4v) is 12.5. The summed E-state index contributed by atoms with van der Waals surface area (Å²) in [7, 11) is -4.90. The van der Waals surface area contributed by atoms with Crippen LogP contribution < -0.4 is 10.0 Å². The van der Waals surface area contributed by atoms with Gasteiger partial charge in [-0.25, -0.2) is 35.2 Å². The quantitative estimate of drug-likeness (QED) is 0.0651. The molecule has 3 heterocycles. The third-order valence-corrected chi connectivity index (χ3v) is 17.1. The molecule has 2 aromatic carbocycles. The molecule has 0 bridgehead atoms. The van der Waals surface area contributed by atoms with Crippen LogP contribution in [0.4, 0.5) is 32.2 Å². The Morgan fingerprint density at radius 1 is 1.02 bits per heavy atom. The maximum Gasteiger partial charge on any atom is 0.293 e. The molecule has 4 aliphatic rings. The topological polar surface area (TPSA) is 141 Å². The fourth-order valence-electron chi connectivity index (χ4n) is 8.80. The van der Waals surface area contributed by atoms with Gasteiger partial charge in [-0.2, -0.15) is 19.0 Å². The number of aryl methyl sites for hydroxylation is 1. The number of halogens is 7. The third-order valence-electron chi connectivity index (χ3n) is 12.3. The normalized spacial score (nSPS) is 20.3. The second-order valence-corrected chi connectivity index (χ2v) is 23.1. The van der Waals surface area contributed by atoms with Crippen molar-refractivity contribution >= 4 is 59.6 Å². The molecule has 11 nitrogen and oxygen atoms in total. The minimum atomic E-state index is -3.66. The lowest BCUT2D eigenvalue weighted by Crippen LogP contribution is -2.35. The van der Waals surface area contributed by atoms with Crippen molar-refractivity contribution in [2.45, 2.75) is 93.2 Å². The number of aromatic nitrogens is 5. The number of alkyl halides is 4. The molecule has 1 amide bonds. The van der Waals surface area contributed by atoms with Crippen LogP contribution in [0.1, 0.15) is 98.2 Å². The molecule has 4 aliphatic carbocycles. The molecule has 0 spiro atoms. The van der Waals surface area contributed by atoms with Crippen LogP contribution in [0.5, 0.6) is 0 Å². The van der Waals surface area contributed by atoms with Gasteiger partial charge in [0.25, 0.3) is 12.3 Å². The number of benzene rings is 2. The van der Waals surface area contributed by atoms with Crippen molar-refractivity contribution < 1.29 is 43.8 Å². The summed E-state index contributed by atoms with van der Waals surface area (Å²) >= 11 is 6.81. The number of sulfone groups is 1. The standard InChI is InChI=1S/C44H42ClF6N7O4S2/c1-43(2,64(61,62)27-8-9-27)14-13-26-7-10-28(29-11-12-32(45)36-39(29)57(3)55-42(36)56-63(4,60)21-22-5-6-22)37(52-26)33(17-23-15-24(46)18-25(47)16-23)53-34(59)20-58-40-35(38(54-58)41(48)49)30-19-31(30)44(40,50)51/h7,10-12,15-16,18,22,27,30-31,33,41H,4-6,8-9,17,19-21H2,1-3H3,(H,53,59)(H,55,56,60)/t30-,31+,33-,63?/m0/s1. The highest BCUT2D eigenvalue weighted by Gasteiger charge is 2.67. The van der Waals surface area contributed by atoms with E-state index in [0.717, 1.165) is 25.0 Å². The molecule has 0 saturated heterocycles. The highest BCUT2D eigenvalue weighted by molar-refractivity contribution is 8.01. The molecule has 0 radical (unpaired) electrons. The van der Waals surface area contributed by atoms with E-state index in [9.17, 15) is 35.0 Å². The number of nitrogens with one attached hydrogen (secondary N) is 2. The lowest BCUT2D eigenvalue weighted by molar-refractivity contribution is -0.123. The van der Waals surface area contributed by atoms with Gasteiger partial charge in [0.05, 0.1) is 32.9 Å². The third kappa shape index (κ3) is 8.14. The van der Waals surface area contributed by atoms with E-state index in [4.69, 9.17) is 16.6 Å². The van der Waals surface area contributed by atoms with Crippen molar-refractivity contribution in [3.8, 4) is 23.0 Å². The molecule has 3 saturated carbocycles. The predicted molar refractivity (Wildman–Crippen MR) is 231 cm³/mol. The van der Waals surface area contributed by atoms with Gasteiger partial charge in [-0.3, -0.25) is 18.9 Å². The zero-order valence-electron chi connectivity index (χ0n) is 34.7. The molecule has 1 unspecified atom stereocenters. The van der Waals surface area contributed by atoms with Crippen molar-refractivity contribution in [2.75, 3.05) is 10.5 Å². The predicted octanol–water partition coefficient (Wildman–Crippen LogP) is 8.17. The zero-order chi connectivity index (χ0) is 45.8. The molecule has 338 valence electrons. The lowest BCUT2D eigenvalue weighted by atomic mass is 9.93. The Labute approximate surface area is 370 Å². The maximum atomic E-state index is 15.5. The van der Waals surface area contributed by atoms with Crippen LogP contribution in [0.2, 0.25) is 5.02 Å². The summed E-state index contributed by atoms with van der Waals surface area (Å²) in [5.41, 5.74) is -0.591. The lowest BCUT2D eigenvalue weighted by Gasteiger charge is -2.23. The zero-order valence-corrected chi connectivity index (χ0v) is 37.1. The molecule has 4 atom stereocenters. The second kappa shape index (κ2) is 15.5. The number of anilines is 1. The highest BCUT2D eigenvalue weighted by Crippen LogP contribution is 2.68. The van der Waals surface area contributed by atoms with Gasteiger partial charge < -0.3 is 5.32 Å². The van der Waals surface area contributed by atoms with E-state index in [1.807, 2.05) is 0 Å². The van der Waals surface area contributed by atoms with E-state index in [1.54, 1.807) is 25.2 Å². The summed E-state index contributed by atoms with van der Waals surface area (Å²) in [6, 6.07) is 7.73. The van der Waals surface area contributed by atoms with Crippen molar-refractivity contribution in [2.24, 2.45) is 18.9 Å². The van der Waals surface area contributed by atoms with E-state index in [0.29, 0.717) is 51.4 Å². The summed E-state index contributed by atoms with van der Waals surface area (Å²) in [5, 5.41) is 11.2. The van der Waals surface area contributed by atoms with Crippen LogP contribution in [0.3, 0.4) is 0 Å². The summed E-state index contributed by atoms with van der Waals surface area (Å²) in [5.74, 6) is 2.04. The number of fused-ring (bicyclic) bond motifs is 4. The first kappa shape index (κ1) is 44.2. The summed E-state index contributed by atoms with van der Waals surface area (Å²) in [4.78, 5) is 19.0. The first-order chi connectivity index (χ1) is 30.0. The number of hydrogen-bond donors (Lipinski definition) is 2. The van der Waals surface area contributed by atoms with Crippen molar-refractivity contribution in [3.63, 3.8) is 0 Å². The number of nitrogens with zero attached hydrogens (tertiary/aromatic N) is 5. The molecular weight excluding hydrogens is 904 g/mol. The molecule has 20 heteroatoms. The monoisotopic (exact) mass is 945 g/mol. The molecule has 2 N–H and O–H groups in total. The number of rotatable bonds is 14. The largest absolute Gasteiger partial charge is 0.346 e. The Hall–Kier alpha value is -5.06. The minimum Gasteiger partial charge on any atom is -0.346 e. The van der Waals surface area contributed by atoms with Crippen molar-refractivity contribution in [1.29, 1.82) is 0 Å². The van der Waals surface area contributed by atoms with Crippen LogP contribution in [0.25, 0.3) is 22.0 Å². The van der Waals surface area contributed by atoms with Gasteiger partial charge in [0.1, 0.15) is 40.0 Å². The van der Waals surface area contributed by atoms with Crippen LogP contribution >= 0.6 is 11.6 Å². The average Bonchev–Trinajstić information content (AvgIpc) is 4.11. The first-order valence-electron chi connectivity index (χ1n) is 20.6. The van der Waals surface area contributed by atoms with Crippen molar-refractivity contribution in [3.05, 3.63) is 93.0 Å². The fraction of sp³-hybridized carbons (Fsp3) is 0.432. The Bertz CT molecular complexity index is 3040. The average molecular weight is 946 g/mol. The van der Waals surface area contributed by atoms with Gasteiger partial charge in [0.2, 0.25) is 5.91 Å². The van der Waals surface area contributed by atoms with Gasteiger partial charge >= 0.3 is 0 Å². The van der Waals surface area contributed by atoms with Crippen LogP contribution in [-0.2, 0) is 50.3 Å². The molecule has 5 aromatic rings. The van der Waals surface area contributed by atoms with Gasteiger partial charge in [0.15, 0.2) is 15.7 Å². The molecule has 3 fully saturated rings. The van der Waals surface area contributed by atoms with E-state index < -0.39 is 95.2 Å². The van der Waals surface area contributed by atoms with Gasteiger partial charge in [-0.15, -0.1) is 0 Å². The number of carbonyl (C=O) groups is 1. The minimum absolute atomic E-state index is 0.0160. The molecule has 9 rings (SSSR count). The Morgan fingerprint density at radius 3 is 2.36 bits per heavy atom. The van der Waals surface area contributed by atoms with Crippen LogP contribution in [-0.4, -0.2) is 64.7 Å². The van der Waals surface area contributed by atoms with Gasteiger partial charge in [-0.1, -0.05) is 23.6 Å². The Morgan fingerprint density at radius 2 is 1.70 bits per heavy atom. The summed E-state index contributed by atoms with van der Waals surface area (Å²) < 4.78 is 133. The molecule has 0 aliphatic heterocycles. The summed E-state index contributed by atoms with van der Waals surface area (Å²) in [6.07, 6.45) is -0.616. The smallest absolute Gasteiger partial charge is 0.293 e. The van der Waals surface area contributed by atoms with E-state index in [1.165, 1.54) is 24.6 Å². The van der Waals surface area contributed by atoms with Gasteiger partial charge in [0, 0.05) is 51.2 Å². The Kier molecular flexibility index (Phi) is 10.7. The van der Waals surface area contributed by atoms with Crippen LogP contribution in [0.15, 0.2) is 42.5 Å². The van der Waals surface area contributed by atoms with E-state index in [2.05, 4.69) is 37.9 Å². The first-order valence-corrected chi connectivity index (χ1v) is 24.4. The van der Waals surface area contributed by atoms with E-state index >= 15 is 8.78 Å². The molecule has 64 heavy (non-hydrogen) atoms. The van der Waals surface area contributed by atoms with Crippen molar-refractivity contribution in [1.82, 2.24) is 29.9 Å². The molecular formula is C44H42ClF6N7O4S2. The number of carbonyl (C=O) groups excluding carboxylic acids is 1. The van der Waals surface area contributed by atoms with E-state index in [-0.39, 0.29) is 52.1 Å². The van der Waals surface area contributed by atoms with Gasteiger partial charge in [-0.05, 0) is 112 Å². The Balaban J connectivity index is 1.18. The maximum absolute atomic E-state index is 15.5. The summed E-state index contributed by atoms with van der Waals surface area (Å²) in [6.45, 7) is 2.04.